The normalized spacial score (nSPS) is 11.8. The maximum Gasteiger partial charge on any atom is 0.227 e. The molecule has 0 unspecified atom stereocenters. The van der Waals surface area contributed by atoms with Gasteiger partial charge in [-0.25, -0.2) is 4.98 Å². The van der Waals surface area contributed by atoms with Crippen molar-refractivity contribution in [1.29, 1.82) is 0 Å². The summed E-state index contributed by atoms with van der Waals surface area (Å²) in [5.74, 6) is 1.46. The maximum atomic E-state index is 6.46. The predicted octanol–water partition coefficient (Wildman–Crippen LogP) is 12.2. The second kappa shape index (κ2) is 10.1. The molecule has 0 saturated carbocycles. The van der Waals surface area contributed by atoms with Crippen LogP contribution in [-0.2, 0) is 0 Å². The molecule has 0 atom stereocenters. The highest BCUT2D eigenvalue weighted by Gasteiger charge is 2.29. The molecular weight excluding hydrogens is 576 g/mol. The molecule has 0 saturated heterocycles. The number of fused-ring (bicyclic) bond motifs is 6. The van der Waals surface area contributed by atoms with Crippen molar-refractivity contribution in [2.75, 3.05) is 4.90 Å². The number of oxazole rings is 1. The van der Waals surface area contributed by atoms with Crippen LogP contribution in [0.2, 0.25) is 0 Å². The molecule has 0 aliphatic heterocycles. The fraction of sp³-hybridized carbons (Fsp3) is 0. The molecule has 2 aromatic heterocycles. The van der Waals surface area contributed by atoms with Crippen LogP contribution in [0.3, 0.4) is 0 Å². The van der Waals surface area contributed by atoms with Gasteiger partial charge in [-0.15, -0.1) is 0 Å². The number of hydrogen-bond acceptors (Lipinski definition) is 4. The van der Waals surface area contributed by atoms with Crippen molar-refractivity contribution in [1.82, 2.24) is 4.98 Å². The van der Waals surface area contributed by atoms with E-state index in [0.717, 1.165) is 78.1 Å². The van der Waals surface area contributed by atoms with Crippen LogP contribution in [0, 0.1) is 0 Å². The summed E-state index contributed by atoms with van der Waals surface area (Å²) in [6.45, 7) is 0. The summed E-state index contributed by atoms with van der Waals surface area (Å²) < 4.78 is 12.7. The van der Waals surface area contributed by atoms with Crippen LogP contribution in [0.5, 0.6) is 0 Å². The van der Waals surface area contributed by atoms with Crippen LogP contribution in [0.25, 0.3) is 77.9 Å². The maximum absolute atomic E-state index is 6.46. The lowest BCUT2D eigenvalue weighted by Crippen LogP contribution is -2.10. The average molecular weight is 603 g/mol. The Morgan fingerprint density at radius 3 is 2.04 bits per heavy atom. The zero-order valence-electron chi connectivity index (χ0n) is 25.2. The van der Waals surface area contributed by atoms with Crippen LogP contribution < -0.4 is 4.90 Å². The highest BCUT2D eigenvalue weighted by molar-refractivity contribution is 6.15. The number of para-hydroxylation sites is 1. The van der Waals surface area contributed by atoms with Gasteiger partial charge in [-0.1, -0.05) is 97.1 Å². The van der Waals surface area contributed by atoms with Crippen molar-refractivity contribution < 1.29 is 8.83 Å². The third-order valence-corrected chi connectivity index (χ3v) is 9.20. The van der Waals surface area contributed by atoms with Gasteiger partial charge in [-0.3, -0.25) is 0 Å². The molecule has 220 valence electrons. The first kappa shape index (κ1) is 25.9. The summed E-state index contributed by atoms with van der Waals surface area (Å²) in [7, 11) is 0. The summed E-state index contributed by atoms with van der Waals surface area (Å²) in [5.41, 5.74) is 11.2. The smallest absolute Gasteiger partial charge is 0.227 e. The monoisotopic (exact) mass is 602 g/mol. The number of nitrogens with zero attached hydrogens (tertiary/aromatic N) is 2. The summed E-state index contributed by atoms with van der Waals surface area (Å²) in [6.07, 6.45) is 0. The van der Waals surface area contributed by atoms with Crippen LogP contribution in [-0.4, -0.2) is 4.98 Å². The molecule has 47 heavy (non-hydrogen) atoms. The van der Waals surface area contributed by atoms with Crippen LogP contribution >= 0.6 is 0 Å². The lowest BCUT2D eigenvalue weighted by atomic mass is 10.0. The van der Waals surface area contributed by atoms with Crippen molar-refractivity contribution in [3.63, 3.8) is 0 Å². The average Bonchev–Trinajstić information content (AvgIpc) is 3.82. The fourth-order valence-electron chi connectivity index (χ4n) is 7.06. The first-order chi connectivity index (χ1) is 23.3. The molecule has 9 aromatic rings. The molecule has 0 bridgehead atoms. The van der Waals surface area contributed by atoms with Gasteiger partial charge < -0.3 is 13.7 Å². The van der Waals surface area contributed by atoms with Gasteiger partial charge in [0.1, 0.15) is 16.9 Å². The van der Waals surface area contributed by atoms with Gasteiger partial charge in [0.05, 0.1) is 0 Å². The highest BCUT2D eigenvalue weighted by Crippen LogP contribution is 2.51. The molecular formula is C43H26N2O2. The third-order valence-electron chi connectivity index (χ3n) is 9.20. The molecule has 0 amide bonds. The largest absolute Gasteiger partial charge is 0.456 e. The Hall–Kier alpha value is -6.39. The van der Waals surface area contributed by atoms with Crippen molar-refractivity contribution in [2.45, 2.75) is 0 Å². The van der Waals surface area contributed by atoms with E-state index in [-0.39, 0.29) is 0 Å². The minimum absolute atomic E-state index is 0.633. The Labute approximate surface area is 270 Å². The second-order valence-corrected chi connectivity index (χ2v) is 12.0. The molecule has 0 radical (unpaired) electrons. The van der Waals surface area contributed by atoms with Crippen molar-refractivity contribution in [3.05, 3.63) is 158 Å². The summed E-state index contributed by atoms with van der Waals surface area (Å²) >= 11 is 0. The van der Waals surface area contributed by atoms with Gasteiger partial charge in [0.15, 0.2) is 5.76 Å². The Kier molecular flexibility index (Phi) is 5.54. The molecule has 0 spiro atoms. The van der Waals surface area contributed by atoms with Crippen molar-refractivity contribution in [3.8, 4) is 45.2 Å². The number of benzene rings is 7. The minimum Gasteiger partial charge on any atom is -0.456 e. The fourth-order valence-corrected chi connectivity index (χ4v) is 7.06. The predicted molar refractivity (Wildman–Crippen MR) is 191 cm³/mol. The van der Waals surface area contributed by atoms with Gasteiger partial charge >= 0.3 is 0 Å². The van der Waals surface area contributed by atoms with Crippen molar-refractivity contribution >= 4 is 49.8 Å². The van der Waals surface area contributed by atoms with E-state index in [1.54, 1.807) is 0 Å². The Balaban J connectivity index is 1.21. The zero-order chi connectivity index (χ0) is 30.9. The summed E-state index contributed by atoms with van der Waals surface area (Å²) in [5, 5.41) is 4.50. The van der Waals surface area contributed by atoms with E-state index in [1.165, 1.54) is 10.9 Å². The molecule has 4 nitrogen and oxygen atoms in total. The number of furan rings is 1. The number of anilines is 3. The lowest BCUT2D eigenvalue weighted by molar-refractivity contribution is 0.590. The molecule has 10 rings (SSSR count). The quantitative estimate of drug-likeness (QED) is 0.197. The highest BCUT2D eigenvalue weighted by atomic mass is 16.4. The third kappa shape index (κ3) is 4.05. The second-order valence-electron chi connectivity index (χ2n) is 12.0. The zero-order valence-corrected chi connectivity index (χ0v) is 25.2. The Bertz CT molecular complexity index is 2630. The molecule has 2 heterocycles. The summed E-state index contributed by atoms with van der Waals surface area (Å²) in [4.78, 5) is 7.41. The van der Waals surface area contributed by atoms with E-state index < -0.39 is 0 Å². The molecule has 0 N–H and O–H groups in total. The van der Waals surface area contributed by atoms with E-state index in [2.05, 4.69) is 120 Å². The Morgan fingerprint density at radius 1 is 0.447 bits per heavy atom. The van der Waals surface area contributed by atoms with Gasteiger partial charge in [0.2, 0.25) is 5.89 Å². The van der Waals surface area contributed by atoms with E-state index in [4.69, 9.17) is 13.8 Å². The van der Waals surface area contributed by atoms with Crippen LogP contribution in [0.1, 0.15) is 0 Å². The first-order valence-corrected chi connectivity index (χ1v) is 15.8. The molecule has 4 heteroatoms. The number of aromatic nitrogens is 1. The number of hydrogen-bond donors (Lipinski definition) is 0. The summed E-state index contributed by atoms with van der Waals surface area (Å²) in [6, 6.07) is 55.1. The van der Waals surface area contributed by atoms with E-state index in [0.29, 0.717) is 5.89 Å². The van der Waals surface area contributed by atoms with Gasteiger partial charge in [-0.05, 0) is 77.2 Å². The SMILES string of the molecule is c1ccc(-c2cccc(N(c3cc4c5c(cccc5c3)-c3oc(-c5ccccc5)nc3-4)c3ccc4oc5ccccc5c4c3)c2)cc1. The van der Waals surface area contributed by atoms with E-state index in [1.807, 2.05) is 42.5 Å². The van der Waals surface area contributed by atoms with E-state index in [9.17, 15) is 0 Å². The van der Waals surface area contributed by atoms with Gasteiger partial charge in [0.25, 0.3) is 0 Å². The first-order valence-electron chi connectivity index (χ1n) is 15.8. The number of rotatable bonds is 5. The van der Waals surface area contributed by atoms with Crippen LogP contribution in [0.4, 0.5) is 17.1 Å². The van der Waals surface area contributed by atoms with Crippen LogP contribution in [0.15, 0.2) is 167 Å². The van der Waals surface area contributed by atoms with Gasteiger partial charge in [0, 0.05) is 49.9 Å². The molecule has 7 aromatic carbocycles. The molecule has 0 fully saturated rings. The topological polar surface area (TPSA) is 42.4 Å². The lowest BCUT2D eigenvalue weighted by Gasteiger charge is -2.27. The standard InChI is InChI=1S/C43H26N2O2/c1-3-11-27(12-4-1)29-15-9-17-31(23-29)45(32-21-22-39-36(25-32)34-18-7-8-20-38(34)46-39)33-24-30-16-10-19-35-40(30)37(26-33)41-42(35)47-43(44-41)28-13-5-2-6-14-28/h1-26H. The van der Waals surface area contributed by atoms with Gasteiger partial charge in [-0.2, -0.15) is 0 Å². The molecule has 1 aliphatic carbocycles. The minimum atomic E-state index is 0.633. The van der Waals surface area contributed by atoms with E-state index >= 15 is 0 Å². The molecule has 1 aliphatic rings. The Morgan fingerprint density at radius 2 is 1.17 bits per heavy atom. The van der Waals surface area contributed by atoms with Crippen molar-refractivity contribution in [2.24, 2.45) is 0 Å².